The number of hydrogen-bond acceptors (Lipinski definition) is 5. The van der Waals surface area contributed by atoms with Gasteiger partial charge in [0, 0.05) is 28.2 Å². The molecule has 1 aliphatic rings. The van der Waals surface area contributed by atoms with Crippen LogP contribution in [0.4, 0.5) is 5.69 Å². The van der Waals surface area contributed by atoms with E-state index in [2.05, 4.69) is 5.32 Å². The van der Waals surface area contributed by atoms with E-state index in [-0.39, 0.29) is 24.2 Å². The van der Waals surface area contributed by atoms with E-state index in [9.17, 15) is 18.0 Å². The number of carbonyl (C=O) groups excluding carboxylic acids is 2. The summed E-state index contributed by atoms with van der Waals surface area (Å²) in [5.41, 5.74) is 0.703. The predicted molar refractivity (Wildman–Crippen MR) is 147 cm³/mol. The maximum Gasteiger partial charge on any atom is 0.244 e. The van der Waals surface area contributed by atoms with Crippen LogP contribution in [0.25, 0.3) is 0 Å². The molecule has 1 fully saturated rings. The van der Waals surface area contributed by atoms with Crippen LogP contribution in [0.5, 0.6) is 5.75 Å². The van der Waals surface area contributed by atoms with Gasteiger partial charge in [0.25, 0.3) is 0 Å². The molecule has 0 bridgehead atoms. The van der Waals surface area contributed by atoms with Crippen molar-refractivity contribution in [3.63, 3.8) is 0 Å². The summed E-state index contributed by atoms with van der Waals surface area (Å²) < 4.78 is 31.9. The zero-order chi connectivity index (χ0) is 27.2. The van der Waals surface area contributed by atoms with Gasteiger partial charge in [-0.3, -0.25) is 13.9 Å². The quantitative estimate of drug-likeness (QED) is 0.425. The van der Waals surface area contributed by atoms with E-state index in [1.165, 1.54) is 12.0 Å². The molecule has 2 aromatic rings. The Hall–Kier alpha value is -2.49. The fraction of sp³-hybridized carbons (Fsp3) is 0.462. The number of hydrogen-bond donors (Lipinski definition) is 1. The second-order valence-electron chi connectivity index (χ2n) is 9.08. The number of nitrogens with one attached hydrogen (secondary N) is 1. The maximum absolute atomic E-state index is 13.9. The number of methoxy groups -OCH3 is 1. The van der Waals surface area contributed by atoms with Crippen LogP contribution in [0.3, 0.4) is 0 Å². The van der Waals surface area contributed by atoms with Crippen LogP contribution < -0.4 is 14.4 Å². The maximum atomic E-state index is 13.9. The molecule has 3 rings (SSSR count). The van der Waals surface area contributed by atoms with Crippen molar-refractivity contribution in [2.24, 2.45) is 0 Å². The highest BCUT2D eigenvalue weighted by molar-refractivity contribution is 7.92. The van der Waals surface area contributed by atoms with Gasteiger partial charge in [-0.1, -0.05) is 61.2 Å². The predicted octanol–water partition coefficient (Wildman–Crippen LogP) is 4.63. The van der Waals surface area contributed by atoms with Crippen LogP contribution in [0.2, 0.25) is 10.0 Å². The number of halogens is 2. The summed E-state index contributed by atoms with van der Waals surface area (Å²) in [6, 6.07) is 10.8. The summed E-state index contributed by atoms with van der Waals surface area (Å²) >= 11 is 12.8. The zero-order valence-corrected chi connectivity index (χ0v) is 23.6. The van der Waals surface area contributed by atoms with Crippen LogP contribution in [0.1, 0.15) is 44.6 Å². The molecule has 0 spiro atoms. The molecule has 0 aliphatic heterocycles. The van der Waals surface area contributed by atoms with E-state index in [0.29, 0.717) is 27.8 Å². The molecule has 0 heterocycles. The minimum Gasteiger partial charge on any atom is -0.495 e. The largest absolute Gasteiger partial charge is 0.495 e. The zero-order valence-electron chi connectivity index (χ0n) is 21.2. The topological polar surface area (TPSA) is 96.0 Å². The summed E-state index contributed by atoms with van der Waals surface area (Å²) in [5, 5.41) is 3.76. The van der Waals surface area contributed by atoms with Crippen molar-refractivity contribution in [2.75, 3.05) is 24.2 Å². The lowest BCUT2D eigenvalue weighted by atomic mass is 10.1. The van der Waals surface area contributed by atoms with Crippen LogP contribution >= 0.6 is 23.2 Å². The number of amides is 2. The van der Waals surface area contributed by atoms with Gasteiger partial charge in [0.1, 0.15) is 18.3 Å². The van der Waals surface area contributed by atoms with Crippen molar-refractivity contribution < 1.29 is 22.7 Å². The van der Waals surface area contributed by atoms with Crippen molar-refractivity contribution in [3.8, 4) is 5.75 Å². The molecule has 8 nitrogen and oxygen atoms in total. The second kappa shape index (κ2) is 12.8. The second-order valence-corrected chi connectivity index (χ2v) is 11.8. The molecule has 2 aromatic carbocycles. The van der Waals surface area contributed by atoms with E-state index in [1.807, 2.05) is 6.92 Å². The molecule has 2 amide bonds. The van der Waals surface area contributed by atoms with E-state index in [1.54, 1.807) is 42.5 Å². The van der Waals surface area contributed by atoms with Gasteiger partial charge in [0.05, 0.1) is 19.1 Å². The number of anilines is 1. The standard InChI is InChI=1S/C26H33Cl2N3O5S/c1-4-22(26(33)29-18-10-5-6-11-18)30(16-19-20(27)12-9-13-21(19)28)25(32)17-31(37(3,34)35)23-14-7-8-15-24(23)36-2/h7-9,12-15,18,22H,4-6,10-11,16-17H2,1-3H3,(H,29,33). The van der Waals surface area contributed by atoms with Gasteiger partial charge in [-0.2, -0.15) is 0 Å². The summed E-state index contributed by atoms with van der Waals surface area (Å²) in [5.74, 6) is -0.553. The van der Waals surface area contributed by atoms with Gasteiger partial charge >= 0.3 is 0 Å². The first-order chi connectivity index (χ1) is 17.6. The van der Waals surface area contributed by atoms with E-state index >= 15 is 0 Å². The number of carbonyl (C=O) groups is 2. The van der Waals surface area contributed by atoms with E-state index < -0.39 is 28.5 Å². The molecular formula is C26H33Cl2N3O5S. The molecule has 11 heteroatoms. The Morgan fingerprint density at radius 3 is 2.27 bits per heavy atom. The number of para-hydroxylation sites is 2. The molecule has 0 saturated heterocycles. The average Bonchev–Trinajstić information content (AvgIpc) is 3.36. The van der Waals surface area contributed by atoms with Crippen molar-refractivity contribution >= 4 is 50.7 Å². The highest BCUT2D eigenvalue weighted by atomic mass is 35.5. The first-order valence-electron chi connectivity index (χ1n) is 12.2. The first kappa shape index (κ1) is 29.1. The molecule has 0 aromatic heterocycles. The molecule has 1 aliphatic carbocycles. The summed E-state index contributed by atoms with van der Waals surface area (Å²) in [6.45, 7) is 1.22. The Bertz CT molecular complexity index is 1200. The number of ether oxygens (including phenoxy) is 1. The monoisotopic (exact) mass is 569 g/mol. The Kier molecular flexibility index (Phi) is 10.1. The minimum atomic E-state index is -3.89. The fourth-order valence-electron chi connectivity index (χ4n) is 4.57. The third-order valence-corrected chi connectivity index (χ3v) is 8.35. The lowest BCUT2D eigenvalue weighted by Gasteiger charge is -2.34. The van der Waals surface area contributed by atoms with Crippen molar-refractivity contribution in [3.05, 3.63) is 58.1 Å². The molecule has 0 radical (unpaired) electrons. The minimum absolute atomic E-state index is 0.0581. The highest BCUT2D eigenvalue weighted by Crippen LogP contribution is 2.31. The Balaban J connectivity index is 1.99. The summed E-state index contributed by atoms with van der Waals surface area (Å²) in [7, 11) is -2.46. The lowest BCUT2D eigenvalue weighted by molar-refractivity contribution is -0.140. The number of rotatable bonds is 11. The lowest BCUT2D eigenvalue weighted by Crippen LogP contribution is -2.53. The highest BCUT2D eigenvalue weighted by Gasteiger charge is 2.34. The van der Waals surface area contributed by atoms with Gasteiger partial charge in [0.2, 0.25) is 21.8 Å². The third-order valence-electron chi connectivity index (χ3n) is 6.51. The van der Waals surface area contributed by atoms with Crippen LogP contribution in [-0.2, 0) is 26.2 Å². The molecule has 1 saturated carbocycles. The van der Waals surface area contributed by atoms with Crippen LogP contribution in [0, 0.1) is 0 Å². The van der Waals surface area contributed by atoms with Gasteiger partial charge < -0.3 is 15.0 Å². The molecule has 202 valence electrons. The SMILES string of the molecule is CCC(C(=O)NC1CCCC1)N(Cc1c(Cl)cccc1Cl)C(=O)CN(c1ccccc1OC)S(C)(=O)=O. The van der Waals surface area contributed by atoms with Gasteiger partial charge in [0.15, 0.2) is 0 Å². The number of nitrogens with zero attached hydrogens (tertiary/aromatic N) is 2. The Labute approximate surface area is 228 Å². The van der Waals surface area contributed by atoms with E-state index in [4.69, 9.17) is 27.9 Å². The number of sulfonamides is 1. The van der Waals surface area contributed by atoms with Crippen molar-refractivity contribution in [1.82, 2.24) is 10.2 Å². The molecule has 37 heavy (non-hydrogen) atoms. The molecule has 1 unspecified atom stereocenters. The van der Waals surface area contributed by atoms with Gasteiger partial charge in [-0.25, -0.2) is 8.42 Å². The average molecular weight is 571 g/mol. The van der Waals surface area contributed by atoms with Gasteiger partial charge in [-0.15, -0.1) is 0 Å². The Morgan fingerprint density at radius 1 is 1.08 bits per heavy atom. The normalized spacial score (nSPS) is 14.7. The number of benzene rings is 2. The van der Waals surface area contributed by atoms with Crippen molar-refractivity contribution in [1.29, 1.82) is 0 Å². The van der Waals surface area contributed by atoms with E-state index in [0.717, 1.165) is 36.2 Å². The van der Waals surface area contributed by atoms with Crippen LogP contribution in [0.15, 0.2) is 42.5 Å². The fourth-order valence-corrected chi connectivity index (χ4v) is 5.94. The third kappa shape index (κ3) is 7.30. The smallest absolute Gasteiger partial charge is 0.244 e. The van der Waals surface area contributed by atoms with Crippen molar-refractivity contribution in [2.45, 2.75) is 57.7 Å². The molecule has 1 atom stereocenters. The van der Waals surface area contributed by atoms with Crippen LogP contribution in [-0.4, -0.2) is 57.1 Å². The molecule has 1 N–H and O–H groups in total. The Morgan fingerprint density at radius 2 is 1.70 bits per heavy atom. The molecular weight excluding hydrogens is 537 g/mol. The summed E-state index contributed by atoms with van der Waals surface area (Å²) in [4.78, 5) is 28.6. The summed E-state index contributed by atoms with van der Waals surface area (Å²) in [6.07, 6.45) is 5.21. The van der Waals surface area contributed by atoms with Gasteiger partial charge in [-0.05, 0) is 43.5 Å². The first-order valence-corrected chi connectivity index (χ1v) is 14.8.